The number of ether oxygens (including phenoxy) is 1. The molecule has 41 heavy (non-hydrogen) atoms. The van der Waals surface area contributed by atoms with E-state index in [4.69, 9.17) is 14.7 Å². The van der Waals surface area contributed by atoms with E-state index in [0.29, 0.717) is 47.5 Å². The summed E-state index contributed by atoms with van der Waals surface area (Å²) in [7, 11) is 2.15. The van der Waals surface area contributed by atoms with Crippen molar-refractivity contribution in [1.82, 2.24) is 29.2 Å². The van der Waals surface area contributed by atoms with Crippen LogP contribution in [0.5, 0.6) is 5.75 Å². The standard InChI is InChI=1S/C29H31N9O3/c1-34-14-16-35(17-15-34)21-8-6-20(7-9-21)31-29-30-18-22-26(33-29)38-24-11-10-23-27(32-24)36(25(39)19-41-23)12-4-2-3-5-13-37(38)28(22)40/h3,5-11,18H,2,4,12-17,19H2,1H3,(H,30,31,33). The summed E-state index contributed by atoms with van der Waals surface area (Å²) < 4.78 is 8.94. The highest BCUT2D eigenvalue weighted by Crippen LogP contribution is 2.32. The van der Waals surface area contributed by atoms with Crippen molar-refractivity contribution < 1.29 is 9.53 Å². The van der Waals surface area contributed by atoms with E-state index >= 15 is 0 Å². The zero-order valence-corrected chi connectivity index (χ0v) is 22.9. The molecule has 2 bridgehead atoms. The molecule has 12 heteroatoms. The van der Waals surface area contributed by atoms with E-state index in [0.717, 1.165) is 44.7 Å². The number of fused-ring (bicyclic) bond motifs is 5. The summed E-state index contributed by atoms with van der Waals surface area (Å²) in [5.41, 5.74) is 2.24. The van der Waals surface area contributed by atoms with Gasteiger partial charge in [-0.2, -0.15) is 4.98 Å². The number of hydrogen-bond acceptors (Lipinski definition) is 9. The SMILES string of the molecule is CN1CCN(c2ccc(Nc3ncc4c(=O)n5n(c4n3)-c3ccc4c(n3)N(CCCC=CC5)C(=O)CO4)cc2)CC1. The second-order valence-electron chi connectivity index (χ2n) is 10.5. The third-order valence-corrected chi connectivity index (χ3v) is 7.81. The minimum atomic E-state index is -0.214. The predicted molar refractivity (Wildman–Crippen MR) is 157 cm³/mol. The van der Waals surface area contributed by atoms with Gasteiger partial charge >= 0.3 is 0 Å². The molecule has 0 radical (unpaired) electrons. The van der Waals surface area contributed by atoms with Gasteiger partial charge in [0.15, 0.2) is 29.6 Å². The second-order valence-corrected chi connectivity index (χ2v) is 10.5. The van der Waals surface area contributed by atoms with Gasteiger partial charge in [-0.15, -0.1) is 0 Å². The van der Waals surface area contributed by atoms with Crippen molar-refractivity contribution in [2.75, 3.05) is 61.5 Å². The molecule has 1 saturated heterocycles. The van der Waals surface area contributed by atoms with Crippen LogP contribution in [-0.4, -0.2) is 81.5 Å². The van der Waals surface area contributed by atoms with Gasteiger partial charge in [0, 0.05) is 50.3 Å². The van der Waals surface area contributed by atoms with Gasteiger partial charge in [-0.3, -0.25) is 14.5 Å². The molecular weight excluding hydrogens is 522 g/mol. The number of amides is 1. The van der Waals surface area contributed by atoms with Gasteiger partial charge in [0.05, 0.1) is 6.54 Å². The lowest BCUT2D eigenvalue weighted by Crippen LogP contribution is -2.44. The first-order valence-corrected chi connectivity index (χ1v) is 13.9. The zero-order chi connectivity index (χ0) is 27.9. The first-order chi connectivity index (χ1) is 20.0. The van der Waals surface area contributed by atoms with Crippen molar-refractivity contribution in [3.05, 3.63) is 65.1 Å². The number of allylic oxidation sites excluding steroid dienone is 2. The average Bonchev–Trinajstić information content (AvgIpc) is 3.26. The number of anilines is 4. The van der Waals surface area contributed by atoms with Gasteiger partial charge in [-0.1, -0.05) is 12.2 Å². The van der Waals surface area contributed by atoms with E-state index < -0.39 is 0 Å². The van der Waals surface area contributed by atoms with Gasteiger partial charge in [0.2, 0.25) is 5.95 Å². The van der Waals surface area contributed by atoms with E-state index in [1.165, 1.54) is 5.69 Å². The Labute approximate surface area is 236 Å². The number of carbonyl (C=O) groups excluding carboxylic acids is 1. The van der Waals surface area contributed by atoms with Gasteiger partial charge in [-0.25, -0.2) is 19.3 Å². The molecule has 3 aliphatic heterocycles. The monoisotopic (exact) mass is 553 g/mol. The highest BCUT2D eigenvalue weighted by molar-refractivity contribution is 5.96. The normalized spacial score (nSPS) is 17.5. The fraction of sp³-hybridized carbons (Fsp3) is 0.345. The fourth-order valence-corrected chi connectivity index (χ4v) is 5.51. The zero-order valence-electron chi connectivity index (χ0n) is 22.9. The Kier molecular flexibility index (Phi) is 6.38. The van der Waals surface area contributed by atoms with Crippen LogP contribution in [0, 0.1) is 0 Å². The third-order valence-electron chi connectivity index (χ3n) is 7.81. The maximum Gasteiger partial charge on any atom is 0.278 e. The molecule has 4 aromatic rings. The molecule has 1 fully saturated rings. The highest BCUT2D eigenvalue weighted by Gasteiger charge is 2.28. The van der Waals surface area contributed by atoms with E-state index in [1.54, 1.807) is 32.6 Å². The van der Waals surface area contributed by atoms with E-state index in [2.05, 4.69) is 39.3 Å². The van der Waals surface area contributed by atoms with Gasteiger partial charge in [0.25, 0.3) is 11.5 Å². The number of rotatable bonds is 3. The Hall–Kier alpha value is -4.71. The number of aromatic nitrogens is 5. The number of carbonyl (C=O) groups is 1. The molecule has 0 aliphatic carbocycles. The lowest BCUT2D eigenvalue weighted by atomic mass is 10.2. The van der Waals surface area contributed by atoms with Crippen molar-refractivity contribution in [1.29, 1.82) is 0 Å². The molecule has 6 heterocycles. The van der Waals surface area contributed by atoms with Crippen LogP contribution >= 0.6 is 0 Å². The summed E-state index contributed by atoms with van der Waals surface area (Å²) in [5, 5.41) is 3.67. The van der Waals surface area contributed by atoms with Crippen LogP contribution in [0.2, 0.25) is 0 Å². The van der Waals surface area contributed by atoms with Crippen molar-refractivity contribution in [2.24, 2.45) is 0 Å². The Morgan fingerprint density at radius 2 is 1.76 bits per heavy atom. The molecule has 0 saturated carbocycles. The number of piperazine rings is 1. The summed E-state index contributed by atoms with van der Waals surface area (Å²) in [5.74, 6) is 1.70. The summed E-state index contributed by atoms with van der Waals surface area (Å²) in [6, 6.07) is 11.8. The summed E-state index contributed by atoms with van der Waals surface area (Å²) in [4.78, 5) is 46.6. The minimum Gasteiger partial charge on any atom is -0.480 e. The maximum atomic E-state index is 13.5. The Morgan fingerprint density at radius 3 is 2.59 bits per heavy atom. The van der Waals surface area contributed by atoms with Crippen LogP contribution in [0.25, 0.3) is 16.9 Å². The number of hydrogen-bond donors (Lipinski definition) is 1. The van der Waals surface area contributed by atoms with Crippen molar-refractivity contribution in [3.8, 4) is 11.6 Å². The van der Waals surface area contributed by atoms with Gasteiger partial charge in [-0.05, 0) is 56.3 Å². The van der Waals surface area contributed by atoms with Gasteiger partial charge < -0.3 is 19.9 Å². The first-order valence-electron chi connectivity index (χ1n) is 13.9. The van der Waals surface area contributed by atoms with E-state index in [9.17, 15) is 9.59 Å². The van der Waals surface area contributed by atoms with Crippen LogP contribution in [-0.2, 0) is 11.3 Å². The Morgan fingerprint density at radius 1 is 0.927 bits per heavy atom. The molecule has 3 aliphatic rings. The number of likely N-dealkylation sites (N-methyl/N-ethyl adjacent to an activating group) is 1. The van der Waals surface area contributed by atoms with Crippen LogP contribution in [0.4, 0.5) is 23.1 Å². The lowest BCUT2D eigenvalue weighted by molar-refractivity contribution is -0.121. The number of nitrogens with one attached hydrogen (secondary N) is 1. The first kappa shape index (κ1) is 25.3. The van der Waals surface area contributed by atoms with Crippen molar-refractivity contribution >= 4 is 40.1 Å². The summed E-state index contributed by atoms with van der Waals surface area (Å²) in [6.45, 7) is 4.97. The largest absolute Gasteiger partial charge is 0.480 e. The van der Waals surface area contributed by atoms with Crippen molar-refractivity contribution in [2.45, 2.75) is 19.4 Å². The van der Waals surface area contributed by atoms with Gasteiger partial charge in [0.1, 0.15) is 5.39 Å². The Balaban J connectivity index is 1.26. The smallest absolute Gasteiger partial charge is 0.278 e. The van der Waals surface area contributed by atoms with Crippen LogP contribution in [0.3, 0.4) is 0 Å². The average molecular weight is 554 g/mol. The van der Waals surface area contributed by atoms with Crippen molar-refractivity contribution in [3.63, 3.8) is 0 Å². The van der Waals surface area contributed by atoms with Crippen LogP contribution in [0.1, 0.15) is 12.8 Å². The topological polar surface area (TPSA) is 114 Å². The quantitative estimate of drug-likeness (QED) is 0.383. The number of pyridine rings is 1. The van der Waals surface area contributed by atoms with E-state index in [-0.39, 0.29) is 18.1 Å². The molecule has 7 rings (SSSR count). The van der Waals surface area contributed by atoms with Crippen LogP contribution in [0.15, 0.2) is 59.5 Å². The molecule has 1 aromatic carbocycles. The Bertz CT molecular complexity index is 1700. The molecule has 0 atom stereocenters. The maximum absolute atomic E-state index is 13.5. The summed E-state index contributed by atoms with van der Waals surface area (Å²) >= 11 is 0. The fourth-order valence-electron chi connectivity index (χ4n) is 5.51. The molecule has 1 N–H and O–H groups in total. The number of nitrogens with zero attached hydrogens (tertiary/aromatic N) is 8. The summed E-state index contributed by atoms with van der Waals surface area (Å²) in [6.07, 6.45) is 7.10. The predicted octanol–water partition coefficient (Wildman–Crippen LogP) is 2.55. The minimum absolute atomic E-state index is 0.0143. The molecule has 3 aromatic heterocycles. The van der Waals surface area contributed by atoms with Crippen LogP contribution < -0.4 is 25.4 Å². The lowest BCUT2D eigenvalue weighted by Gasteiger charge is -2.34. The molecule has 12 nitrogen and oxygen atoms in total. The molecule has 1 amide bonds. The molecule has 0 unspecified atom stereocenters. The third kappa shape index (κ3) is 4.69. The highest BCUT2D eigenvalue weighted by atomic mass is 16.5. The molecule has 0 spiro atoms. The second kappa shape index (κ2) is 10.4. The van der Waals surface area contributed by atoms with E-state index in [1.807, 2.05) is 24.3 Å². The molecule has 210 valence electrons. The number of benzene rings is 1. The molecular formula is C29H31N9O3.